The lowest BCUT2D eigenvalue weighted by atomic mass is 10.2. The molecule has 7 heteroatoms. The Balaban J connectivity index is 1.65. The quantitative estimate of drug-likeness (QED) is 0.783. The minimum Gasteiger partial charge on any atom is -0.487 e. The van der Waals surface area contributed by atoms with E-state index < -0.39 is 0 Å². The van der Waals surface area contributed by atoms with E-state index in [2.05, 4.69) is 20.4 Å². The van der Waals surface area contributed by atoms with E-state index in [1.54, 1.807) is 12.4 Å². The van der Waals surface area contributed by atoms with Crippen LogP contribution >= 0.6 is 0 Å². The number of amides is 1. The molecule has 3 heterocycles. The fraction of sp³-hybridized carbons (Fsp3) is 0.176. The van der Waals surface area contributed by atoms with E-state index in [0.717, 1.165) is 34.0 Å². The molecule has 0 bridgehead atoms. The highest BCUT2D eigenvalue weighted by Crippen LogP contribution is 2.29. The summed E-state index contributed by atoms with van der Waals surface area (Å²) in [6.07, 6.45) is 4.98. The topological polar surface area (TPSA) is 81.9 Å². The fourth-order valence-corrected chi connectivity index (χ4v) is 2.69. The second-order valence-electron chi connectivity index (χ2n) is 5.60. The molecule has 0 spiro atoms. The SMILES string of the molecule is CC(=O)Nc1ccc2c(c1)OCc1cc(-c3cncnc3)nn1C2. The molecule has 1 amide bonds. The molecule has 24 heavy (non-hydrogen) atoms. The van der Waals surface area contributed by atoms with E-state index in [1.807, 2.05) is 28.9 Å². The van der Waals surface area contributed by atoms with Gasteiger partial charge in [0.25, 0.3) is 0 Å². The molecule has 0 fully saturated rings. The summed E-state index contributed by atoms with van der Waals surface area (Å²) in [5, 5.41) is 7.40. The van der Waals surface area contributed by atoms with Crippen LogP contribution in [0.25, 0.3) is 11.3 Å². The Morgan fingerprint density at radius 2 is 2.08 bits per heavy atom. The Kier molecular flexibility index (Phi) is 3.45. The van der Waals surface area contributed by atoms with Crippen molar-refractivity contribution in [3.8, 4) is 17.0 Å². The molecule has 1 N–H and O–H groups in total. The van der Waals surface area contributed by atoms with Crippen molar-refractivity contribution in [3.63, 3.8) is 0 Å². The summed E-state index contributed by atoms with van der Waals surface area (Å²) in [5.41, 5.74) is 4.42. The zero-order valence-corrected chi connectivity index (χ0v) is 13.1. The van der Waals surface area contributed by atoms with Gasteiger partial charge in [-0.3, -0.25) is 9.48 Å². The van der Waals surface area contributed by atoms with E-state index in [-0.39, 0.29) is 5.91 Å². The van der Waals surface area contributed by atoms with Gasteiger partial charge in [-0.2, -0.15) is 5.10 Å². The van der Waals surface area contributed by atoms with Crippen molar-refractivity contribution in [2.75, 3.05) is 5.32 Å². The number of carbonyl (C=O) groups is 1. The lowest BCUT2D eigenvalue weighted by Gasteiger charge is -2.09. The van der Waals surface area contributed by atoms with E-state index in [0.29, 0.717) is 13.2 Å². The number of anilines is 1. The molecule has 2 aromatic heterocycles. The van der Waals surface area contributed by atoms with Crippen molar-refractivity contribution in [3.05, 3.63) is 54.2 Å². The first-order chi connectivity index (χ1) is 11.7. The van der Waals surface area contributed by atoms with Crippen molar-refractivity contribution in [1.82, 2.24) is 19.7 Å². The summed E-state index contributed by atoms with van der Waals surface area (Å²) in [6, 6.07) is 7.64. The van der Waals surface area contributed by atoms with E-state index >= 15 is 0 Å². The second kappa shape index (κ2) is 5.77. The lowest BCUT2D eigenvalue weighted by Crippen LogP contribution is -2.06. The number of aromatic nitrogens is 4. The number of carbonyl (C=O) groups excluding carboxylic acids is 1. The first-order valence-corrected chi connectivity index (χ1v) is 7.54. The Bertz CT molecular complexity index is 905. The molecule has 120 valence electrons. The second-order valence-corrected chi connectivity index (χ2v) is 5.60. The number of ether oxygens (including phenoxy) is 1. The van der Waals surface area contributed by atoms with Crippen LogP contribution in [0.15, 0.2) is 43.0 Å². The van der Waals surface area contributed by atoms with Crippen molar-refractivity contribution in [2.24, 2.45) is 0 Å². The molecule has 0 unspecified atom stereocenters. The summed E-state index contributed by atoms with van der Waals surface area (Å²) < 4.78 is 7.83. The molecular weight excluding hydrogens is 306 g/mol. The van der Waals surface area contributed by atoms with Gasteiger partial charge in [-0.25, -0.2) is 9.97 Å². The lowest BCUT2D eigenvalue weighted by molar-refractivity contribution is -0.114. The van der Waals surface area contributed by atoms with Crippen LogP contribution in [0.4, 0.5) is 5.69 Å². The van der Waals surface area contributed by atoms with E-state index in [4.69, 9.17) is 4.74 Å². The average Bonchev–Trinajstić information content (AvgIpc) is 2.90. The summed E-state index contributed by atoms with van der Waals surface area (Å²) in [7, 11) is 0. The number of benzene rings is 1. The minimum absolute atomic E-state index is 0.105. The van der Waals surface area contributed by atoms with Gasteiger partial charge in [-0.15, -0.1) is 0 Å². The monoisotopic (exact) mass is 321 g/mol. The third kappa shape index (κ3) is 2.71. The first-order valence-electron chi connectivity index (χ1n) is 7.54. The van der Waals surface area contributed by atoms with E-state index in [9.17, 15) is 4.79 Å². The number of nitrogens with zero attached hydrogens (tertiary/aromatic N) is 4. The molecule has 1 aromatic carbocycles. The predicted molar refractivity (Wildman–Crippen MR) is 87.4 cm³/mol. The standard InChI is InChI=1S/C17H15N5O2/c1-11(23)20-14-3-2-12-8-22-15(9-24-17(12)4-14)5-16(21-22)13-6-18-10-19-7-13/h2-7,10H,8-9H2,1H3,(H,20,23). The maximum atomic E-state index is 11.2. The van der Waals surface area contributed by atoms with Crippen LogP contribution in [-0.4, -0.2) is 25.7 Å². The van der Waals surface area contributed by atoms with Gasteiger partial charge in [-0.1, -0.05) is 6.07 Å². The molecule has 0 atom stereocenters. The summed E-state index contributed by atoms with van der Waals surface area (Å²) in [6.45, 7) is 2.51. The number of hydrogen-bond acceptors (Lipinski definition) is 5. The molecule has 0 saturated carbocycles. The Morgan fingerprint density at radius 3 is 2.88 bits per heavy atom. The molecule has 3 aromatic rings. The normalized spacial score (nSPS) is 12.5. The number of hydrogen-bond donors (Lipinski definition) is 1. The number of rotatable bonds is 2. The van der Waals surface area contributed by atoms with E-state index in [1.165, 1.54) is 13.3 Å². The molecule has 0 saturated heterocycles. The van der Waals surface area contributed by atoms with Crippen molar-refractivity contribution in [2.45, 2.75) is 20.1 Å². The third-order valence-corrected chi connectivity index (χ3v) is 3.80. The molecule has 7 nitrogen and oxygen atoms in total. The van der Waals surface area contributed by atoms with Gasteiger partial charge >= 0.3 is 0 Å². The highest BCUT2D eigenvalue weighted by Gasteiger charge is 2.17. The van der Waals surface area contributed by atoms with Crippen LogP contribution in [0.3, 0.4) is 0 Å². The predicted octanol–water partition coefficient (Wildman–Crippen LogP) is 2.24. The molecule has 0 radical (unpaired) electrons. The van der Waals surface area contributed by atoms with Gasteiger partial charge < -0.3 is 10.1 Å². The zero-order valence-electron chi connectivity index (χ0n) is 13.1. The van der Waals surface area contributed by atoms with Crippen molar-refractivity contribution < 1.29 is 9.53 Å². The van der Waals surface area contributed by atoms with Crippen LogP contribution < -0.4 is 10.1 Å². The summed E-state index contributed by atoms with van der Waals surface area (Å²) in [4.78, 5) is 19.2. The van der Waals surface area contributed by atoms with Crippen LogP contribution in [-0.2, 0) is 17.9 Å². The van der Waals surface area contributed by atoms with Gasteiger partial charge in [0.15, 0.2) is 0 Å². The maximum Gasteiger partial charge on any atom is 0.221 e. The Labute approximate surface area is 138 Å². The third-order valence-electron chi connectivity index (χ3n) is 3.80. The van der Waals surface area contributed by atoms with Crippen molar-refractivity contribution >= 4 is 11.6 Å². The van der Waals surface area contributed by atoms with Gasteiger partial charge in [-0.05, 0) is 12.1 Å². The first kappa shape index (κ1) is 14.4. The average molecular weight is 321 g/mol. The van der Waals surface area contributed by atoms with Crippen LogP contribution in [0.2, 0.25) is 0 Å². The minimum atomic E-state index is -0.105. The van der Waals surface area contributed by atoms with Crippen molar-refractivity contribution in [1.29, 1.82) is 0 Å². The summed E-state index contributed by atoms with van der Waals surface area (Å²) >= 11 is 0. The number of nitrogens with one attached hydrogen (secondary N) is 1. The highest BCUT2D eigenvalue weighted by molar-refractivity contribution is 5.88. The van der Waals surface area contributed by atoms with Gasteiger partial charge in [0.05, 0.1) is 17.9 Å². The largest absolute Gasteiger partial charge is 0.487 e. The summed E-state index contributed by atoms with van der Waals surface area (Å²) in [5.74, 6) is 0.655. The smallest absolute Gasteiger partial charge is 0.221 e. The van der Waals surface area contributed by atoms with Crippen LogP contribution in [0.1, 0.15) is 18.2 Å². The molecule has 1 aliphatic heterocycles. The van der Waals surface area contributed by atoms with Gasteiger partial charge in [0.2, 0.25) is 5.91 Å². The number of fused-ring (bicyclic) bond motifs is 2. The molecular formula is C17H15N5O2. The maximum absolute atomic E-state index is 11.2. The molecule has 0 aliphatic carbocycles. The zero-order chi connectivity index (χ0) is 16.5. The fourth-order valence-electron chi connectivity index (χ4n) is 2.69. The van der Waals surface area contributed by atoms with Crippen LogP contribution in [0.5, 0.6) is 5.75 Å². The highest BCUT2D eigenvalue weighted by atomic mass is 16.5. The molecule has 1 aliphatic rings. The Hall–Kier alpha value is -3.22. The van der Waals surface area contributed by atoms with Gasteiger partial charge in [0.1, 0.15) is 18.7 Å². The molecule has 4 rings (SSSR count). The Morgan fingerprint density at radius 1 is 1.25 bits per heavy atom. The van der Waals surface area contributed by atoms with Gasteiger partial charge in [0, 0.05) is 42.2 Å². The van der Waals surface area contributed by atoms with Crippen LogP contribution in [0, 0.1) is 0 Å².